The van der Waals surface area contributed by atoms with Crippen LogP contribution in [0.2, 0.25) is 5.02 Å². The molecule has 0 aliphatic carbocycles. The third kappa shape index (κ3) is 5.19. The van der Waals surface area contributed by atoms with E-state index < -0.39 is 22.7 Å². The van der Waals surface area contributed by atoms with Crippen molar-refractivity contribution in [2.45, 2.75) is 24.2 Å². The number of fused-ring (bicyclic) bond motifs is 1. The smallest absolute Gasteiger partial charge is 0.284 e. The largest absolute Gasteiger partial charge is 0.451 e. The fraction of sp³-hybridized carbons (Fsp3) is 0.129. The molecule has 0 fully saturated rings. The molecule has 4 aromatic rings. The first kappa shape index (κ1) is 27.7. The molecule has 0 amide bonds. The van der Waals surface area contributed by atoms with Crippen LogP contribution in [0.4, 0.5) is 5.69 Å². The minimum atomic E-state index is -4.20. The number of nitriles is 1. The molecule has 6 nitrogen and oxygen atoms in total. The first-order chi connectivity index (χ1) is 19.1. The third-order valence-corrected chi connectivity index (χ3v) is 12.0. The predicted octanol–water partition coefficient (Wildman–Crippen LogP) is 7.69. The van der Waals surface area contributed by atoms with E-state index >= 15 is 0 Å². The van der Waals surface area contributed by atoms with Gasteiger partial charge in [-0.3, -0.25) is 0 Å². The molecule has 0 saturated carbocycles. The van der Waals surface area contributed by atoms with Gasteiger partial charge in [0.1, 0.15) is 5.75 Å². The Bertz CT molecular complexity index is 1800. The Morgan fingerprint density at radius 3 is 2.17 bits per heavy atom. The Hall–Kier alpha value is -3.82. The van der Waals surface area contributed by atoms with Gasteiger partial charge >= 0.3 is 0 Å². The van der Waals surface area contributed by atoms with Gasteiger partial charge in [-0.1, -0.05) is 61.8 Å². The summed E-state index contributed by atoms with van der Waals surface area (Å²) in [6, 6.07) is 32.0. The van der Waals surface area contributed by atoms with Crippen LogP contribution in [0.15, 0.2) is 124 Å². The highest BCUT2D eigenvalue weighted by molar-refractivity contribution is 7.95. The van der Waals surface area contributed by atoms with Crippen molar-refractivity contribution in [3.63, 3.8) is 0 Å². The van der Waals surface area contributed by atoms with Gasteiger partial charge in [-0.05, 0) is 72.3 Å². The number of hydrogen-bond donors (Lipinski definition) is 0. The highest BCUT2D eigenvalue weighted by atomic mass is 35.5. The molecule has 202 valence electrons. The van der Waals surface area contributed by atoms with Crippen molar-refractivity contribution >= 4 is 39.9 Å². The van der Waals surface area contributed by atoms with Crippen molar-refractivity contribution in [2.24, 2.45) is 4.15 Å². The summed E-state index contributed by atoms with van der Waals surface area (Å²) in [4.78, 5) is 2.08. The van der Waals surface area contributed by atoms with Gasteiger partial charge in [-0.25, -0.2) is 0 Å². The van der Waals surface area contributed by atoms with Crippen molar-refractivity contribution in [3.8, 4) is 11.8 Å². The van der Waals surface area contributed by atoms with Crippen LogP contribution in [0.3, 0.4) is 0 Å². The molecule has 0 unspecified atom stereocenters. The zero-order valence-corrected chi connectivity index (χ0v) is 24.7. The predicted molar refractivity (Wildman–Crippen MR) is 162 cm³/mol. The van der Waals surface area contributed by atoms with Gasteiger partial charge in [0.25, 0.3) is 10.0 Å². The van der Waals surface area contributed by atoms with Gasteiger partial charge in [-0.15, -0.1) is 4.15 Å². The Morgan fingerprint density at radius 1 is 0.925 bits per heavy atom. The molecule has 1 aliphatic heterocycles. The highest BCUT2D eigenvalue weighted by Gasteiger charge is 2.41. The summed E-state index contributed by atoms with van der Waals surface area (Å²) in [5.74, 6) is 2.30. The summed E-state index contributed by atoms with van der Waals surface area (Å²) in [7, 11) is -5.71. The molecule has 1 aliphatic rings. The van der Waals surface area contributed by atoms with Crippen molar-refractivity contribution in [1.29, 1.82) is 5.26 Å². The summed E-state index contributed by atoms with van der Waals surface area (Å²) in [5.41, 5.74) is 3.03. The van der Waals surface area contributed by atoms with Gasteiger partial charge in [0, 0.05) is 40.0 Å². The summed E-state index contributed by atoms with van der Waals surface area (Å²) < 4.78 is 39.1. The maximum absolute atomic E-state index is 13.9. The van der Waals surface area contributed by atoms with Gasteiger partial charge in [0.15, 0.2) is 0 Å². The van der Waals surface area contributed by atoms with Crippen LogP contribution in [0.5, 0.6) is 5.75 Å². The fourth-order valence-corrected chi connectivity index (χ4v) is 9.98. The van der Waals surface area contributed by atoms with Crippen LogP contribution in [0.1, 0.15) is 25.0 Å². The maximum atomic E-state index is 13.9. The van der Waals surface area contributed by atoms with E-state index in [1.807, 2.05) is 61.4 Å². The first-order valence-electron chi connectivity index (χ1n) is 12.5. The molecule has 9 heteroatoms. The number of halogens is 1. The van der Waals surface area contributed by atoms with Crippen LogP contribution in [-0.2, 0) is 15.4 Å². The van der Waals surface area contributed by atoms with Crippen molar-refractivity contribution in [3.05, 3.63) is 131 Å². The lowest BCUT2D eigenvalue weighted by atomic mass is 9.84. The fourth-order valence-electron chi connectivity index (χ4n) is 4.84. The number of benzene rings is 4. The lowest BCUT2D eigenvalue weighted by Gasteiger charge is -2.29. The maximum Gasteiger partial charge on any atom is 0.284 e. The second-order valence-electron chi connectivity index (χ2n) is 9.91. The summed E-state index contributed by atoms with van der Waals surface area (Å²) in [6.07, 6.45) is 0. The van der Waals surface area contributed by atoms with E-state index in [-0.39, 0.29) is 4.90 Å². The average molecular weight is 588 g/mol. The van der Waals surface area contributed by atoms with Crippen LogP contribution in [0.25, 0.3) is 0 Å². The van der Waals surface area contributed by atoms with Crippen LogP contribution in [0, 0.1) is 11.3 Å². The lowest BCUT2D eigenvalue weighted by Crippen LogP contribution is -2.24. The number of sulfonamides is 1. The average Bonchev–Trinajstić information content (AvgIpc) is 3.14. The molecule has 40 heavy (non-hydrogen) atoms. The molecule has 5 rings (SSSR count). The number of rotatable bonds is 6. The molecule has 0 radical (unpaired) electrons. The Labute approximate surface area is 240 Å². The van der Waals surface area contributed by atoms with Crippen molar-refractivity contribution < 1.29 is 12.9 Å². The second kappa shape index (κ2) is 10.6. The zero-order chi connectivity index (χ0) is 28.5. The van der Waals surface area contributed by atoms with Crippen LogP contribution >= 0.6 is 18.9 Å². The number of para-hydroxylation sites is 1. The quantitative estimate of drug-likeness (QED) is 0.216. The Morgan fingerprint density at radius 2 is 1.55 bits per heavy atom. The van der Waals surface area contributed by atoms with E-state index in [1.54, 1.807) is 24.3 Å². The lowest BCUT2D eigenvalue weighted by molar-refractivity contribution is 0.593. The van der Waals surface area contributed by atoms with Gasteiger partial charge in [0.2, 0.25) is 7.28 Å². The molecule has 0 spiro atoms. The topological polar surface area (TPSA) is 82.8 Å². The minimum Gasteiger partial charge on any atom is -0.451 e. The molecule has 4 aromatic carbocycles. The van der Waals surface area contributed by atoms with Gasteiger partial charge in [0.05, 0.1) is 16.5 Å². The third-order valence-electron chi connectivity index (χ3n) is 6.93. The van der Waals surface area contributed by atoms with Gasteiger partial charge < -0.3 is 9.42 Å². The molecular formula is C31H27ClN3O3PS. The number of likely N-dealkylation sites (N-methyl/N-ethyl adjacent to an activating group) is 1. The van der Waals surface area contributed by atoms with Gasteiger partial charge in [-0.2, -0.15) is 13.7 Å². The number of allylic oxidation sites excluding steroid dienone is 1. The summed E-state index contributed by atoms with van der Waals surface area (Å²) >= 11 is 6.05. The molecule has 0 saturated heterocycles. The van der Waals surface area contributed by atoms with E-state index in [0.717, 1.165) is 16.9 Å². The van der Waals surface area contributed by atoms with Crippen molar-refractivity contribution in [2.75, 3.05) is 11.9 Å². The highest BCUT2D eigenvalue weighted by Crippen LogP contribution is 2.58. The van der Waals surface area contributed by atoms with E-state index in [4.69, 9.17) is 16.1 Å². The minimum absolute atomic E-state index is 0.0151. The van der Waals surface area contributed by atoms with E-state index in [0.29, 0.717) is 21.6 Å². The second-order valence-corrected chi connectivity index (χ2v) is 14.6. The zero-order valence-electron chi connectivity index (χ0n) is 22.2. The van der Waals surface area contributed by atoms with Crippen LogP contribution in [-0.4, -0.2) is 15.5 Å². The standard InChI is InChI=1S/C31H27ClN3O3PS/c1-31(2)28-11-7-8-12-29(28)35(3)30(31)22-39(26-9-5-4-6-10-26,38-25-17-13-23(21-33)14-18-25)34-40(36,37)27-19-15-24(32)16-20-27/h4-20,22H,1-3H3/b30-22-/t39-/m0/s1. The number of hydrogen-bond acceptors (Lipinski definition) is 5. The Balaban J connectivity index is 1.83. The SMILES string of the molecule is CN1/C(=C\[P@](=NS(=O)(=O)c2ccc(Cl)cc2)(Oc2ccc(C#N)cc2)c2ccccc2)C(C)(C)c2ccccc21. The summed E-state index contributed by atoms with van der Waals surface area (Å²) in [5, 5.41) is 10.3. The Kier molecular flexibility index (Phi) is 7.37. The number of anilines is 1. The normalized spacial score (nSPS) is 16.6. The van der Waals surface area contributed by atoms with E-state index in [9.17, 15) is 13.7 Å². The van der Waals surface area contributed by atoms with E-state index in [1.165, 1.54) is 24.3 Å². The van der Waals surface area contributed by atoms with E-state index in [2.05, 4.69) is 35.0 Å². The molecule has 1 atom stereocenters. The monoisotopic (exact) mass is 587 g/mol. The summed E-state index contributed by atoms with van der Waals surface area (Å²) in [6.45, 7) is 4.21. The molecule has 0 N–H and O–H groups in total. The molecule has 0 aromatic heterocycles. The van der Waals surface area contributed by atoms with Crippen LogP contribution < -0.4 is 14.7 Å². The number of nitrogens with zero attached hydrogens (tertiary/aromatic N) is 3. The molecule has 1 heterocycles. The molecular weight excluding hydrogens is 561 g/mol. The molecule has 0 bridgehead atoms. The first-order valence-corrected chi connectivity index (χ1v) is 16.1. The van der Waals surface area contributed by atoms with Crippen molar-refractivity contribution in [1.82, 2.24) is 0 Å².